The number of amides is 2. The van der Waals surface area contributed by atoms with Crippen LogP contribution in [0.3, 0.4) is 0 Å². The van der Waals surface area contributed by atoms with Crippen molar-refractivity contribution in [1.29, 1.82) is 0 Å². The summed E-state index contributed by atoms with van der Waals surface area (Å²) >= 11 is 1.64. The molecule has 0 aliphatic rings. The average molecular weight is 493 g/mol. The summed E-state index contributed by atoms with van der Waals surface area (Å²) in [5, 5.41) is 2.02. The van der Waals surface area contributed by atoms with Crippen molar-refractivity contribution in [2.45, 2.75) is 45.7 Å². The topological polar surface area (TPSA) is 49.9 Å². The zero-order chi connectivity index (χ0) is 24.9. The molecule has 0 N–H and O–H groups in total. The van der Waals surface area contributed by atoms with Gasteiger partial charge in [-0.2, -0.15) is 0 Å². The molecule has 0 saturated heterocycles. The van der Waals surface area contributed by atoms with Gasteiger partial charge >= 0.3 is 0 Å². The average Bonchev–Trinajstić information content (AvgIpc) is 3.40. The van der Waals surface area contributed by atoms with Gasteiger partial charge in [0.2, 0.25) is 11.8 Å². The molecule has 186 valence electrons. The Morgan fingerprint density at radius 3 is 2.23 bits per heavy atom. The van der Waals surface area contributed by atoms with E-state index in [1.807, 2.05) is 96.9 Å². The van der Waals surface area contributed by atoms with Crippen molar-refractivity contribution >= 4 is 23.2 Å². The second-order valence-corrected chi connectivity index (χ2v) is 9.53. The minimum absolute atomic E-state index is 0.000617. The molecule has 2 aromatic carbocycles. The summed E-state index contributed by atoms with van der Waals surface area (Å²) in [4.78, 5) is 32.0. The van der Waals surface area contributed by atoms with Crippen molar-refractivity contribution in [2.75, 3.05) is 26.3 Å². The Morgan fingerprint density at radius 1 is 0.886 bits per heavy atom. The van der Waals surface area contributed by atoms with E-state index >= 15 is 0 Å². The maximum atomic E-state index is 13.7. The number of rotatable bonds is 14. The van der Waals surface area contributed by atoms with Gasteiger partial charge in [-0.25, -0.2) is 0 Å². The Bertz CT molecular complexity index is 1010. The molecular weight excluding hydrogens is 456 g/mol. The van der Waals surface area contributed by atoms with E-state index in [9.17, 15) is 9.59 Å². The lowest BCUT2D eigenvalue weighted by Crippen LogP contribution is -2.44. The van der Waals surface area contributed by atoms with E-state index in [-0.39, 0.29) is 24.3 Å². The van der Waals surface area contributed by atoms with Gasteiger partial charge in [0.25, 0.3) is 0 Å². The van der Waals surface area contributed by atoms with Crippen LogP contribution in [0.5, 0.6) is 0 Å². The maximum absolute atomic E-state index is 13.7. The molecule has 0 saturated carbocycles. The summed E-state index contributed by atoms with van der Waals surface area (Å²) in [7, 11) is 0. The van der Waals surface area contributed by atoms with Gasteiger partial charge in [-0.3, -0.25) is 9.59 Å². The van der Waals surface area contributed by atoms with Gasteiger partial charge in [0, 0.05) is 31.2 Å². The molecule has 1 unspecified atom stereocenters. The first-order valence-corrected chi connectivity index (χ1v) is 13.3. The van der Waals surface area contributed by atoms with Crippen molar-refractivity contribution in [3.05, 3.63) is 94.2 Å². The van der Waals surface area contributed by atoms with Crippen LogP contribution in [0.15, 0.2) is 78.2 Å². The number of thiophene rings is 1. The summed E-state index contributed by atoms with van der Waals surface area (Å²) < 4.78 is 5.50. The first kappa shape index (κ1) is 26.6. The predicted molar refractivity (Wildman–Crippen MR) is 142 cm³/mol. The predicted octanol–water partition coefficient (Wildman–Crippen LogP) is 5.73. The first-order valence-electron chi connectivity index (χ1n) is 12.4. The largest absolute Gasteiger partial charge is 0.382 e. The summed E-state index contributed by atoms with van der Waals surface area (Å²) in [5.74, 6) is -0.315. The van der Waals surface area contributed by atoms with Crippen LogP contribution in [0.1, 0.15) is 48.6 Å². The smallest absolute Gasteiger partial charge is 0.242 e. The van der Waals surface area contributed by atoms with Gasteiger partial charge in [-0.1, -0.05) is 73.7 Å². The quantitative estimate of drug-likeness (QED) is 0.270. The molecule has 3 rings (SSSR count). The zero-order valence-corrected chi connectivity index (χ0v) is 21.6. The minimum atomic E-state index is -0.268. The Kier molecular flexibility index (Phi) is 11.0. The van der Waals surface area contributed by atoms with Gasteiger partial charge < -0.3 is 14.5 Å². The van der Waals surface area contributed by atoms with Crippen molar-refractivity contribution in [2.24, 2.45) is 0 Å². The molecule has 0 radical (unpaired) electrons. The summed E-state index contributed by atoms with van der Waals surface area (Å²) in [5.41, 5.74) is 2.06. The molecule has 0 aliphatic carbocycles. The van der Waals surface area contributed by atoms with Crippen molar-refractivity contribution in [3.8, 4) is 0 Å². The lowest BCUT2D eigenvalue weighted by atomic mass is 9.95. The highest BCUT2D eigenvalue weighted by atomic mass is 32.1. The molecule has 1 atom stereocenters. The Morgan fingerprint density at radius 2 is 1.60 bits per heavy atom. The molecule has 0 bridgehead atoms. The second kappa shape index (κ2) is 14.4. The van der Waals surface area contributed by atoms with E-state index in [4.69, 9.17) is 4.74 Å². The minimum Gasteiger partial charge on any atom is -0.382 e. The highest BCUT2D eigenvalue weighted by Crippen LogP contribution is 2.23. The van der Waals surface area contributed by atoms with E-state index in [2.05, 4.69) is 0 Å². The fraction of sp³-hybridized carbons (Fsp3) is 0.379. The molecule has 6 heteroatoms. The SMILES string of the molecule is CCOCCCN(CC(=O)N(Cc1ccccc1)Cc1cccs1)C(=O)C(CC)c1ccccc1. The van der Waals surface area contributed by atoms with Crippen LogP contribution >= 0.6 is 11.3 Å². The Balaban J connectivity index is 1.79. The molecule has 1 aromatic heterocycles. The molecule has 0 aliphatic heterocycles. The second-order valence-electron chi connectivity index (χ2n) is 8.50. The molecule has 0 spiro atoms. The van der Waals surface area contributed by atoms with Crippen LogP contribution in [-0.2, 0) is 27.4 Å². The molecule has 3 aromatic rings. The number of benzene rings is 2. The number of carbonyl (C=O) groups excluding carboxylic acids is 2. The van der Waals surface area contributed by atoms with E-state index in [0.29, 0.717) is 45.7 Å². The lowest BCUT2D eigenvalue weighted by Gasteiger charge is -2.30. The number of hydrogen-bond acceptors (Lipinski definition) is 4. The van der Waals surface area contributed by atoms with Gasteiger partial charge in [-0.15, -0.1) is 11.3 Å². The standard InChI is InChI=1S/C29H36N2O3S/c1-3-27(25-15-9-6-10-16-25)29(33)30(18-12-19-34-4-2)23-28(32)31(22-26-17-11-20-35-26)21-24-13-7-5-8-14-24/h5-11,13-17,20,27H,3-4,12,18-19,21-23H2,1-2H3. The molecular formula is C29H36N2O3S. The van der Waals surface area contributed by atoms with E-state index in [0.717, 1.165) is 16.0 Å². The van der Waals surface area contributed by atoms with Crippen LogP contribution in [0.25, 0.3) is 0 Å². The van der Waals surface area contributed by atoms with Crippen molar-refractivity contribution in [3.63, 3.8) is 0 Å². The fourth-order valence-electron chi connectivity index (χ4n) is 4.12. The van der Waals surface area contributed by atoms with Crippen LogP contribution < -0.4 is 0 Å². The Labute approximate surface area is 213 Å². The number of carbonyl (C=O) groups is 2. The van der Waals surface area contributed by atoms with E-state index in [1.165, 1.54) is 0 Å². The monoisotopic (exact) mass is 492 g/mol. The van der Waals surface area contributed by atoms with E-state index in [1.54, 1.807) is 16.2 Å². The summed E-state index contributed by atoms with van der Waals surface area (Å²) in [6.45, 7) is 6.78. The van der Waals surface area contributed by atoms with Gasteiger partial charge in [0.15, 0.2) is 0 Å². The summed E-state index contributed by atoms with van der Waals surface area (Å²) in [6, 6.07) is 23.9. The summed E-state index contributed by atoms with van der Waals surface area (Å²) in [6.07, 6.45) is 1.38. The molecule has 1 heterocycles. The number of nitrogens with zero attached hydrogens (tertiary/aromatic N) is 2. The molecule has 2 amide bonds. The third-order valence-electron chi connectivity index (χ3n) is 5.96. The number of hydrogen-bond donors (Lipinski definition) is 0. The normalized spacial score (nSPS) is 11.7. The van der Waals surface area contributed by atoms with Crippen LogP contribution in [-0.4, -0.2) is 47.9 Å². The van der Waals surface area contributed by atoms with Crippen LogP contribution in [0, 0.1) is 0 Å². The highest BCUT2D eigenvalue weighted by molar-refractivity contribution is 7.09. The Hall–Kier alpha value is -2.96. The highest BCUT2D eigenvalue weighted by Gasteiger charge is 2.27. The maximum Gasteiger partial charge on any atom is 0.242 e. The van der Waals surface area contributed by atoms with Crippen LogP contribution in [0.4, 0.5) is 0 Å². The zero-order valence-electron chi connectivity index (χ0n) is 20.8. The third-order valence-corrected chi connectivity index (χ3v) is 6.82. The lowest BCUT2D eigenvalue weighted by molar-refractivity contribution is -0.142. The number of ether oxygens (including phenoxy) is 1. The molecule has 0 fully saturated rings. The van der Waals surface area contributed by atoms with Gasteiger partial charge in [0.05, 0.1) is 19.0 Å². The van der Waals surface area contributed by atoms with Crippen molar-refractivity contribution in [1.82, 2.24) is 9.80 Å². The van der Waals surface area contributed by atoms with Crippen molar-refractivity contribution < 1.29 is 14.3 Å². The van der Waals surface area contributed by atoms with Gasteiger partial charge in [-0.05, 0) is 42.3 Å². The van der Waals surface area contributed by atoms with E-state index < -0.39 is 0 Å². The van der Waals surface area contributed by atoms with Crippen LogP contribution in [0.2, 0.25) is 0 Å². The molecule has 5 nitrogen and oxygen atoms in total. The molecule has 35 heavy (non-hydrogen) atoms. The third kappa shape index (κ3) is 8.34. The van der Waals surface area contributed by atoms with Gasteiger partial charge in [0.1, 0.15) is 0 Å². The first-order chi connectivity index (χ1) is 17.1. The fourth-order valence-corrected chi connectivity index (χ4v) is 4.84.